The largest absolute Gasteiger partial charge is 0.379 e. The summed E-state index contributed by atoms with van der Waals surface area (Å²) < 4.78 is 7.36. The number of hydrogen-bond acceptors (Lipinski definition) is 5. The lowest BCUT2D eigenvalue weighted by molar-refractivity contribution is 0.0378. The Hall–Kier alpha value is -2.44. The third-order valence-electron chi connectivity index (χ3n) is 5.26. The molecule has 4 rings (SSSR count). The molecule has 1 saturated heterocycles. The van der Waals surface area contributed by atoms with Crippen LogP contribution < -0.4 is 5.32 Å². The van der Waals surface area contributed by atoms with Gasteiger partial charge in [0, 0.05) is 36.5 Å². The zero-order valence-corrected chi connectivity index (χ0v) is 16.1. The predicted octanol–water partition coefficient (Wildman–Crippen LogP) is 3.15. The van der Waals surface area contributed by atoms with E-state index < -0.39 is 0 Å². The minimum absolute atomic E-state index is 0.853. The summed E-state index contributed by atoms with van der Waals surface area (Å²) in [4.78, 5) is 7.28. The van der Waals surface area contributed by atoms with E-state index in [1.165, 1.54) is 0 Å². The average molecular weight is 365 g/mol. The van der Waals surface area contributed by atoms with Crippen molar-refractivity contribution in [2.75, 3.05) is 44.7 Å². The first-order valence-electron chi connectivity index (χ1n) is 9.68. The molecule has 0 saturated carbocycles. The van der Waals surface area contributed by atoms with Gasteiger partial charge in [-0.2, -0.15) is 9.61 Å². The van der Waals surface area contributed by atoms with Crippen LogP contribution in [0.1, 0.15) is 17.7 Å². The number of nitrogens with one attached hydrogen (secondary N) is 1. The number of aromatic nitrogens is 3. The molecular weight excluding hydrogens is 338 g/mol. The number of ether oxygens (including phenoxy) is 1. The molecule has 0 radical (unpaired) electrons. The highest BCUT2D eigenvalue weighted by molar-refractivity contribution is 5.78. The monoisotopic (exact) mass is 365 g/mol. The van der Waals surface area contributed by atoms with Crippen molar-refractivity contribution in [1.29, 1.82) is 0 Å². The molecule has 3 aromatic rings. The van der Waals surface area contributed by atoms with Crippen LogP contribution in [0.3, 0.4) is 0 Å². The third-order valence-corrected chi connectivity index (χ3v) is 5.26. The summed E-state index contributed by atoms with van der Waals surface area (Å²) in [7, 11) is 0. The number of hydrogen-bond donors (Lipinski definition) is 1. The summed E-state index contributed by atoms with van der Waals surface area (Å²) in [5.74, 6) is 1.04. The Bertz CT molecular complexity index is 900. The van der Waals surface area contributed by atoms with E-state index >= 15 is 0 Å². The highest BCUT2D eigenvalue weighted by atomic mass is 16.5. The van der Waals surface area contributed by atoms with E-state index in [0.29, 0.717) is 0 Å². The SMILES string of the molecule is Cc1nc2c(-c3ccccc3)cnn2c(NCCCN2CCOCC2)c1C. The second kappa shape index (κ2) is 8.06. The molecule has 2 aromatic heterocycles. The maximum atomic E-state index is 5.42. The number of morpholine rings is 1. The second-order valence-corrected chi connectivity index (χ2v) is 7.06. The summed E-state index contributed by atoms with van der Waals surface area (Å²) in [6.07, 6.45) is 3.00. The van der Waals surface area contributed by atoms with Gasteiger partial charge in [-0.25, -0.2) is 4.98 Å². The fourth-order valence-corrected chi connectivity index (χ4v) is 3.55. The lowest BCUT2D eigenvalue weighted by Crippen LogP contribution is -2.37. The molecule has 0 atom stereocenters. The second-order valence-electron chi connectivity index (χ2n) is 7.06. The van der Waals surface area contributed by atoms with E-state index in [1.54, 1.807) is 0 Å². The minimum Gasteiger partial charge on any atom is -0.379 e. The summed E-state index contributed by atoms with van der Waals surface area (Å²) >= 11 is 0. The van der Waals surface area contributed by atoms with Gasteiger partial charge >= 0.3 is 0 Å². The quantitative estimate of drug-likeness (QED) is 0.680. The van der Waals surface area contributed by atoms with Crippen LogP contribution in [0.5, 0.6) is 0 Å². The molecular formula is C21H27N5O. The van der Waals surface area contributed by atoms with Crippen molar-refractivity contribution in [1.82, 2.24) is 19.5 Å². The Morgan fingerprint density at radius 3 is 2.67 bits per heavy atom. The van der Waals surface area contributed by atoms with Crippen molar-refractivity contribution in [2.45, 2.75) is 20.3 Å². The number of nitrogens with zero attached hydrogens (tertiary/aromatic N) is 4. The molecule has 1 N–H and O–H groups in total. The van der Waals surface area contributed by atoms with E-state index in [4.69, 9.17) is 9.72 Å². The predicted molar refractivity (Wildman–Crippen MR) is 108 cm³/mol. The van der Waals surface area contributed by atoms with E-state index in [2.05, 4.69) is 41.3 Å². The molecule has 1 aromatic carbocycles. The van der Waals surface area contributed by atoms with Gasteiger partial charge in [-0.1, -0.05) is 30.3 Å². The van der Waals surface area contributed by atoms with Crippen LogP contribution in [0, 0.1) is 13.8 Å². The Labute approximate surface area is 160 Å². The van der Waals surface area contributed by atoms with E-state index in [9.17, 15) is 0 Å². The maximum Gasteiger partial charge on any atom is 0.165 e. The molecule has 1 fully saturated rings. The normalized spacial score (nSPS) is 15.3. The Morgan fingerprint density at radius 1 is 1.11 bits per heavy atom. The van der Waals surface area contributed by atoms with E-state index in [0.717, 1.165) is 79.7 Å². The first-order valence-corrected chi connectivity index (χ1v) is 9.68. The van der Waals surface area contributed by atoms with Gasteiger partial charge in [0.15, 0.2) is 5.65 Å². The van der Waals surface area contributed by atoms with Crippen molar-refractivity contribution >= 4 is 11.5 Å². The molecule has 0 aliphatic carbocycles. The van der Waals surface area contributed by atoms with Gasteiger partial charge in [-0.15, -0.1) is 0 Å². The molecule has 0 bridgehead atoms. The van der Waals surface area contributed by atoms with Gasteiger partial charge in [0.25, 0.3) is 0 Å². The highest BCUT2D eigenvalue weighted by Crippen LogP contribution is 2.27. The first kappa shape index (κ1) is 17.9. The zero-order chi connectivity index (χ0) is 18.6. The van der Waals surface area contributed by atoms with Crippen LogP contribution >= 0.6 is 0 Å². The fourth-order valence-electron chi connectivity index (χ4n) is 3.55. The molecule has 6 heteroatoms. The van der Waals surface area contributed by atoms with Crippen LogP contribution in [-0.4, -0.2) is 58.9 Å². The molecule has 0 spiro atoms. The van der Waals surface area contributed by atoms with Crippen molar-refractivity contribution in [3.8, 4) is 11.1 Å². The lowest BCUT2D eigenvalue weighted by Gasteiger charge is -2.26. The zero-order valence-electron chi connectivity index (χ0n) is 16.1. The van der Waals surface area contributed by atoms with Crippen molar-refractivity contribution in [2.24, 2.45) is 0 Å². The smallest absolute Gasteiger partial charge is 0.165 e. The molecule has 0 unspecified atom stereocenters. The lowest BCUT2D eigenvalue weighted by atomic mass is 10.1. The van der Waals surface area contributed by atoms with Gasteiger partial charge < -0.3 is 10.1 Å². The fraction of sp³-hybridized carbons (Fsp3) is 0.429. The van der Waals surface area contributed by atoms with E-state index in [-0.39, 0.29) is 0 Å². The number of fused-ring (bicyclic) bond motifs is 1. The molecule has 1 aliphatic rings. The van der Waals surface area contributed by atoms with Crippen LogP contribution in [-0.2, 0) is 4.74 Å². The van der Waals surface area contributed by atoms with Gasteiger partial charge in [-0.3, -0.25) is 4.90 Å². The van der Waals surface area contributed by atoms with Crippen LogP contribution in [0.2, 0.25) is 0 Å². The minimum atomic E-state index is 0.853. The summed E-state index contributed by atoms with van der Waals surface area (Å²) in [5, 5.41) is 8.23. The average Bonchev–Trinajstić information content (AvgIpc) is 3.12. The standard InChI is InChI=1S/C21H27N5O/c1-16-17(2)24-21-19(18-7-4-3-5-8-18)15-23-26(21)20(16)22-9-6-10-25-11-13-27-14-12-25/h3-5,7-8,15,22H,6,9-14H2,1-2H3. The van der Waals surface area contributed by atoms with Crippen LogP contribution in [0.25, 0.3) is 16.8 Å². The Morgan fingerprint density at radius 2 is 1.89 bits per heavy atom. The molecule has 6 nitrogen and oxygen atoms in total. The van der Waals surface area contributed by atoms with Crippen LogP contribution in [0.4, 0.5) is 5.82 Å². The molecule has 0 amide bonds. The maximum absolute atomic E-state index is 5.42. The van der Waals surface area contributed by atoms with Crippen LogP contribution in [0.15, 0.2) is 36.5 Å². The van der Waals surface area contributed by atoms with Gasteiger partial charge in [0.2, 0.25) is 0 Å². The number of rotatable bonds is 6. The topological polar surface area (TPSA) is 54.7 Å². The van der Waals surface area contributed by atoms with E-state index in [1.807, 2.05) is 28.9 Å². The molecule has 142 valence electrons. The molecule has 3 heterocycles. The first-order chi connectivity index (χ1) is 13.2. The number of benzene rings is 1. The summed E-state index contributed by atoms with van der Waals surface area (Å²) in [6, 6.07) is 10.3. The molecule has 27 heavy (non-hydrogen) atoms. The number of aryl methyl sites for hydroxylation is 1. The Balaban J connectivity index is 1.53. The van der Waals surface area contributed by atoms with Gasteiger partial charge in [0.05, 0.1) is 19.4 Å². The van der Waals surface area contributed by atoms with Crippen molar-refractivity contribution < 1.29 is 4.74 Å². The summed E-state index contributed by atoms with van der Waals surface area (Å²) in [5.41, 5.74) is 5.30. The Kier molecular flexibility index (Phi) is 5.36. The van der Waals surface area contributed by atoms with Gasteiger partial charge in [0.1, 0.15) is 5.82 Å². The third kappa shape index (κ3) is 3.82. The van der Waals surface area contributed by atoms with Crippen molar-refractivity contribution in [3.05, 3.63) is 47.8 Å². The van der Waals surface area contributed by atoms with Gasteiger partial charge in [-0.05, 0) is 32.4 Å². The summed E-state index contributed by atoms with van der Waals surface area (Å²) in [6.45, 7) is 9.97. The number of anilines is 1. The molecule has 1 aliphatic heterocycles. The van der Waals surface area contributed by atoms with Crippen molar-refractivity contribution in [3.63, 3.8) is 0 Å². The highest BCUT2D eigenvalue weighted by Gasteiger charge is 2.15.